The second-order valence-electron chi connectivity index (χ2n) is 7.34. The van der Waals surface area contributed by atoms with Gasteiger partial charge in [-0.25, -0.2) is 0 Å². The summed E-state index contributed by atoms with van der Waals surface area (Å²) in [4.78, 5) is 27.7. The van der Waals surface area contributed by atoms with Crippen LogP contribution < -0.4 is 9.64 Å². The standard InChI is InChI=1S/C25H20N2O4S3/c1-3-31-19-9-7-18(8-10-19)26-24(28)23(34-25(26)32)15-17-6-13-22(21(14-17)27(29)30)33-20-11-4-16(2)5-12-20/h4-15H,3H2,1-2H3/b23-15-. The van der Waals surface area contributed by atoms with E-state index in [1.807, 2.05) is 38.1 Å². The molecule has 4 rings (SSSR count). The Bertz CT molecular complexity index is 1290. The van der Waals surface area contributed by atoms with Crippen molar-refractivity contribution < 1.29 is 14.5 Å². The van der Waals surface area contributed by atoms with Crippen molar-refractivity contribution in [2.45, 2.75) is 23.6 Å². The van der Waals surface area contributed by atoms with Crippen LogP contribution in [0.4, 0.5) is 11.4 Å². The summed E-state index contributed by atoms with van der Waals surface area (Å²) in [5.74, 6) is 0.447. The van der Waals surface area contributed by atoms with Gasteiger partial charge in [0.05, 0.1) is 27.0 Å². The van der Waals surface area contributed by atoms with E-state index in [4.69, 9.17) is 17.0 Å². The zero-order valence-corrected chi connectivity index (χ0v) is 20.8. The molecule has 0 atom stereocenters. The van der Waals surface area contributed by atoms with Gasteiger partial charge in [-0.3, -0.25) is 19.8 Å². The van der Waals surface area contributed by atoms with Crippen LogP contribution in [0.2, 0.25) is 0 Å². The highest BCUT2D eigenvalue weighted by molar-refractivity contribution is 8.27. The molecule has 34 heavy (non-hydrogen) atoms. The molecule has 0 saturated carbocycles. The molecule has 0 aliphatic carbocycles. The second-order valence-corrected chi connectivity index (χ2v) is 10.1. The van der Waals surface area contributed by atoms with Crippen molar-refractivity contribution >= 4 is 63.4 Å². The number of thiocarbonyl (C=S) groups is 1. The van der Waals surface area contributed by atoms with E-state index in [9.17, 15) is 14.9 Å². The molecule has 1 saturated heterocycles. The first kappa shape index (κ1) is 24.0. The van der Waals surface area contributed by atoms with Crippen LogP contribution in [0.1, 0.15) is 18.1 Å². The van der Waals surface area contributed by atoms with Gasteiger partial charge in [0.1, 0.15) is 5.75 Å². The van der Waals surface area contributed by atoms with Crippen LogP contribution in [0.15, 0.2) is 81.4 Å². The number of benzene rings is 3. The maximum Gasteiger partial charge on any atom is 0.283 e. The third-order valence-corrected chi connectivity index (χ3v) is 7.30. The first-order valence-electron chi connectivity index (χ1n) is 10.4. The van der Waals surface area contributed by atoms with E-state index < -0.39 is 4.92 Å². The summed E-state index contributed by atoms with van der Waals surface area (Å²) in [6.45, 7) is 4.45. The summed E-state index contributed by atoms with van der Waals surface area (Å²) in [5, 5.41) is 11.7. The molecule has 0 N–H and O–H groups in total. The Balaban J connectivity index is 1.58. The van der Waals surface area contributed by atoms with Crippen molar-refractivity contribution in [1.29, 1.82) is 0 Å². The highest BCUT2D eigenvalue weighted by atomic mass is 32.2. The van der Waals surface area contributed by atoms with Crippen molar-refractivity contribution in [1.82, 2.24) is 0 Å². The highest BCUT2D eigenvalue weighted by Crippen LogP contribution is 2.39. The monoisotopic (exact) mass is 508 g/mol. The quantitative estimate of drug-likeness (QED) is 0.149. The van der Waals surface area contributed by atoms with Gasteiger partial charge < -0.3 is 4.74 Å². The summed E-state index contributed by atoms with van der Waals surface area (Å²) in [6, 6.07) is 19.9. The zero-order valence-electron chi connectivity index (χ0n) is 18.4. The Labute approximate surface area is 211 Å². The SMILES string of the molecule is CCOc1ccc(N2C(=O)/C(=C/c3ccc(Sc4ccc(C)cc4)c([N+](=O)[O-])c3)SC2=S)cc1. The largest absolute Gasteiger partial charge is 0.494 e. The van der Waals surface area contributed by atoms with Crippen molar-refractivity contribution in [2.24, 2.45) is 0 Å². The van der Waals surface area contributed by atoms with Crippen molar-refractivity contribution in [3.63, 3.8) is 0 Å². The molecule has 6 nitrogen and oxygen atoms in total. The Morgan fingerprint density at radius 2 is 1.82 bits per heavy atom. The third-order valence-electron chi connectivity index (χ3n) is 4.93. The van der Waals surface area contributed by atoms with Crippen LogP contribution in [0.3, 0.4) is 0 Å². The molecule has 1 fully saturated rings. The Morgan fingerprint density at radius 1 is 1.12 bits per heavy atom. The fraction of sp³-hybridized carbons (Fsp3) is 0.120. The lowest BCUT2D eigenvalue weighted by Gasteiger charge is -2.15. The predicted molar refractivity (Wildman–Crippen MR) is 142 cm³/mol. The Kier molecular flexibility index (Phi) is 7.35. The summed E-state index contributed by atoms with van der Waals surface area (Å²) < 4.78 is 5.85. The minimum absolute atomic E-state index is 0.0127. The third kappa shape index (κ3) is 5.32. The number of hydrogen-bond acceptors (Lipinski definition) is 7. The molecule has 0 radical (unpaired) electrons. The fourth-order valence-corrected chi connectivity index (χ4v) is 5.49. The van der Waals surface area contributed by atoms with Gasteiger partial charge >= 0.3 is 0 Å². The number of anilines is 1. The lowest BCUT2D eigenvalue weighted by molar-refractivity contribution is -0.387. The number of aryl methyl sites for hydroxylation is 1. The molecule has 9 heteroatoms. The molecule has 0 unspecified atom stereocenters. The molecular formula is C25H20N2O4S3. The van der Waals surface area contributed by atoms with Crippen LogP contribution in [0.25, 0.3) is 6.08 Å². The maximum atomic E-state index is 13.1. The highest BCUT2D eigenvalue weighted by Gasteiger charge is 2.33. The molecule has 1 heterocycles. The number of nitrogens with zero attached hydrogens (tertiary/aromatic N) is 2. The molecule has 0 aromatic heterocycles. The normalized spacial score (nSPS) is 14.6. The van der Waals surface area contributed by atoms with Crippen molar-refractivity contribution in [3.05, 3.63) is 92.9 Å². The molecular weight excluding hydrogens is 488 g/mol. The number of carbonyl (C=O) groups excluding carboxylic acids is 1. The van der Waals surface area contributed by atoms with Gasteiger partial charge in [-0.15, -0.1) is 0 Å². The van der Waals surface area contributed by atoms with E-state index in [1.165, 1.54) is 34.5 Å². The average molecular weight is 509 g/mol. The number of carbonyl (C=O) groups is 1. The molecule has 172 valence electrons. The summed E-state index contributed by atoms with van der Waals surface area (Å²) in [6.07, 6.45) is 1.64. The molecule has 3 aromatic carbocycles. The van der Waals surface area contributed by atoms with E-state index in [-0.39, 0.29) is 11.6 Å². The smallest absolute Gasteiger partial charge is 0.283 e. The minimum Gasteiger partial charge on any atom is -0.494 e. The first-order valence-corrected chi connectivity index (χ1v) is 12.4. The van der Waals surface area contributed by atoms with Gasteiger partial charge in [0, 0.05) is 11.0 Å². The topological polar surface area (TPSA) is 72.7 Å². The summed E-state index contributed by atoms with van der Waals surface area (Å²) >= 11 is 7.93. The first-order chi connectivity index (χ1) is 16.4. The van der Waals surface area contributed by atoms with E-state index in [1.54, 1.807) is 42.5 Å². The molecule has 1 aliphatic heterocycles. The lowest BCUT2D eigenvalue weighted by Crippen LogP contribution is -2.27. The molecule has 1 aliphatic rings. The number of nitro groups is 1. The second kappa shape index (κ2) is 10.4. The van der Waals surface area contributed by atoms with Crippen LogP contribution in [-0.2, 0) is 4.79 Å². The Hall–Kier alpha value is -3.14. The summed E-state index contributed by atoms with van der Waals surface area (Å²) in [5.41, 5.74) is 2.32. The lowest BCUT2D eigenvalue weighted by atomic mass is 10.2. The predicted octanol–water partition coefficient (Wildman–Crippen LogP) is 6.86. The van der Waals surface area contributed by atoms with Crippen LogP contribution in [0, 0.1) is 17.0 Å². The van der Waals surface area contributed by atoms with Gasteiger partial charge in [0.25, 0.3) is 11.6 Å². The van der Waals surface area contributed by atoms with Crippen molar-refractivity contribution in [2.75, 3.05) is 11.5 Å². The van der Waals surface area contributed by atoms with Gasteiger partial charge in [-0.1, -0.05) is 59.5 Å². The number of nitro benzene ring substituents is 1. The van der Waals surface area contributed by atoms with E-state index in [0.717, 1.165) is 10.5 Å². The van der Waals surface area contributed by atoms with Crippen LogP contribution in [-0.4, -0.2) is 21.8 Å². The van der Waals surface area contributed by atoms with E-state index >= 15 is 0 Å². The molecule has 0 spiro atoms. The zero-order chi connectivity index (χ0) is 24.2. The van der Waals surface area contributed by atoms with E-state index in [0.29, 0.717) is 37.7 Å². The molecule has 0 bridgehead atoms. The number of thioether (sulfide) groups is 1. The molecule has 1 amide bonds. The number of amides is 1. The number of ether oxygens (including phenoxy) is 1. The minimum atomic E-state index is -0.404. The Morgan fingerprint density at radius 3 is 2.47 bits per heavy atom. The number of rotatable bonds is 7. The summed E-state index contributed by atoms with van der Waals surface area (Å²) in [7, 11) is 0. The fourth-order valence-electron chi connectivity index (χ4n) is 3.29. The van der Waals surface area contributed by atoms with Crippen molar-refractivity contribution in [3.8, 4) is 5.75 Å². The number of hydrogen-bond donors (Lipinski definition) is 0. The van der Waals surface area contributed by atoms with Crippen LogP contribution in [0.5, 0.6) is 5.75 Å². The maximum absolute atomic E-state index is 13.1. The average Bonchev–Trinajstić information content (AvgIpc) is 3.09. The van der Waals surface area contributed by atoms with E-state index in [2.05, 4.69) is 0 Å². The van der Waals surface area contributed by atoms with Gasteiger partial charge in [0.2, 0.25) is 0 Å². The van der Waals surface area contributed by atoms with Gasteiger partial charge in [0.15, 0.2) is 4.32 Å². The van der Waals surface area contributed by atoms with Gasteiger partial charge in [-0.2, -0.15) is 0 Å². The van der Waals surface area contributed by atoms with Gasteiger partial charge in [-0.05, 0) is 68.0 Å². The van der Waals surface area contributed by atoms with Crippen LogP contribution >= 0.6 is 35.7 Å². The molecule has 3 aromatic rings.